The predicted molar refractivity (Wildman–Crippen MR) is 103 cm³/mol. The first-order chi connectivity index (χ1) is 12.8. The first-order valence-corrected chi connectivity index (χ1v) is 10.4. The van der Waals surface area contributed by atoms with Crippen LogP contribution in [-0.4, -0.2) is 29.1 Å². The molecule has 4 aliphatic carbocycles. The number of aliphatic hydroxyl groups is 1. The highest BCUT2D eigenvalue weighted by atomic mass is 16.5. The van der Waals surface area contributed by atoms with Gasteiger partial charge in [-0.05, 0) is 68.3 Å². The van der Waals surface area contributed by atoms with Gasteiger partial charge in [-0.15, -0.1) is 0 Å². The Labute approximate surface area is 161 Å². The van der Waals surface area contributed by atoms with E-state index in [0.717, 1.165) is 38.5 Å². The first kappa shape index (κ1) is 18.7. The van der Waals surface area contributed by atoms with E-state index in [1.165, 1.54) is 5.56 Å². The number of carbonyl (C=O) groups is 2. The largest absolute Gasteiger partial charge is 0.457 e. The second-order valence-electron chi connectivity index (χ2n) is 9.40. The molecule has 0 saturated heterocycles. The monoisotopic (exact) mass is 370 g/mol. The molecule has 4 heteroatoms. The van der Waals surface area contributed by atoms with Crippen LogP contribution in [0.5, 0.6) is 0 Å². The molecule has 146 valence electrons. The lowest BCUT2D eigenvalue weighted by Crippen LogP contribution is -2.58. The highest BCUT2D eigenvalue weighted by Gasteiger charge is 2.60. The maximum absolute atomic E-state index is 12.9. The van der Waals surface area contributed by atoms with Gasteiger partial charge in [-0.3, -0.25) is 9.59 Å². The summed E-state index contributed by atoms with van der Waals surface area (Å²) in [5.74, 6) is 0.871. The Kier molecular flexibility index (Phi) is 4.66. The standard InChI is InChI=1S/C23H30O4/c1-3-15(2)18-4-6-19(7-5-18)20(24)13-27-21(25)22-9-16-8-17(10-22)12-23(26,11-16)14-22/h4-7,15-17,26H,3,8-14H2,1-2H3/t15-,16-,17+,22?,23?/m1/s1. The van der Waals surface area contributed by atoms with Crippen molar-refractivity contribution >= 4 is 11.8 Å². The molecule has 0 heterocycles. The summed E-state index contributed by atoms with van der Waals surface area (Å²) in [6.07, 6.45) is 5.94. The highest BCUT2D eigenvalue weighted by Crippen LogP contribution is 2.61. The van der Waals surface area contributed by atoms with E-state index in [1.807, 2.05) is 24.3 Å². The Balaban J connectivity index is 1.39. The van der Waals surface area contributed by atoms with Crippen LogP contribution < -0.4 is 0 Å². The molecule has 0 amide bonds. The number of carbonyl (C=O) groups excluding carboxylic acids is 2. The summed E-state index contributed by atoms with van der Waals surface area (Å²) in [6, 6.07) is 7.62. The molecule has 0 aliphatic heterocycles. The van der Waals surface area contributed by atoms with Crippen molar-refractivity contribution < 1.29 is 19.4 Å². The minimum absolute atomic E-state index is 0.164. The van der Waals surface area contributed by atoms with E-state index in [1.54, 1.807) is 0 Å². The summed E-state index contributed by atoms with van der Waals surface area (Å²) in [5.41, 5.74) is 0.533. The molecular formula is C23H30O4. The van der Waals surface area contributed by atoms with Crippen molar-refractivity contribution in [2.75, 3.05) is 6.61 Å². The lowest BCUT2D eigenvalue weighted by Gasteiger charge is -2.58. The Hall–Kier alpha value is -1.68. The quantitative estimate of drug-likeness (QED) is 0.600. The van der Waals surface area contributed by atoms with Gasteiger partial charge in [0.1, 0.15) is 0 Å². The predicted octanol–water partition coefficient (Wildman–Crippen LogP) is 4.26. The molecule has 4 bridgehead atoms. The molecule has 0 aromatic heterocycles. The van der Waals surface area contributed by atoms with Gasteiger partial charge >= 0.3 is 5.97 Å². The Morgan fingerprint density at radius 2 is 1.78 bits per heavy atom. The van der Waals surface area contributed by atoms with Gasteiger partial charge in [0.15, 0.2) is 12.4 Å². The van der Waals surface area contributed by atoms with Crippen LogP contribution in [0.3, 0.4) is 0 Å². The lowest BCUT2D eigenvalue weighted by atomic mass is 9.48. The van der Waals surface area contributed by atoms with Gasteiger partial charge in [0.2, 0.25) is 0 Å². The zero-order valence-corrected chi connectivity index (χ0v) is 16.4. The van der Waals surface area contributed by atoms with Gasteiger partial charge in [-0.1, -0.05) is 38.1 Å². The number of hydrogen-bond donors (Lipinski definition) is 1. The fraction of sp³-hybridized carbons (Fsp3) is 0.652. The van der Waals surface area contributed by atoms with Gasteiger partial charge in [0.25, 0.3) is 0 Å². The third-order valence-corrected chi connectivity index (χ3v) is 7.21. The van der Waals surface area contributed by atoms with Crippen molar-refractivity contribution in [2.45, 2.75) is 70.3 Å². The topological polar surface area (TPSA) is 63.6 Å². The average Bonchev–Trinajstić information content (AvgIpc) is 2.63. The molecule has 1 N–H and O–H groups in total. The maximum atomic E-state index is 12.9. The molecule has 5 atom stereocenters. The van der Waals surface area contributed by atoms with E-state index in [2.05, 4.69) is 13.8 Å². The summed E-state index contributed by atoms with van der Waals surface area (Å²) in [4.78, 5) is 25.3. The summed E-state index contributed by atoms with van der Waals surface area (Å²) in [5, 5.41) is 10.8. The summed E-state index contributed by atoms with van der Waals surface area (Å²) in [7, 11) is 0. The van der Waals surface area contributed by atoms with E-state index in [-0.39, 0.29) is 18.4 Å². The molecule has 4 fully saturated rings. The van der Waals surface area contributed by atoms with Crippen molar-refractivity contribution in [2.24, 2.45) is 17.3 Å². The smallest absolute Gasteiger partial charge is 0.312 e. The molecule has 0 radical (unpaired) electrons. The number of ketones is 1. The SMILES string of the molecule is CC[C@@H](C)c1ccc(C(=O)COC(=O)C23C[C@@H]4C[C@@H](CC(O)(C4)C2)C3)cc1. The van der Waals surface area contributed by atoms with Crippen LogP contribution in [0.15, 0.2) is 24.3 Å². The molecule has 0 spiro atoms. The molecule has 5 rings (SSSR count). The number of benzene rings is 1. The van der Waals surface area contributed by atoms with Crippen molar-refractivity contribution in [3.63, 3.8) is 0 Å². The lowest BCUT2D eigenvalue weighted by molar-refractivity contribution is -0.195. The number of hydrogen-bond acceptors (Lipinski definition) is 4. The molecule has 4 nitrogen and oxygen atoms in total. The van der Waals surface area contributed by atoms with Crippen molar-refractivity contribution in [3.8, 4) is 0 Å². The van der Waals surface area contributed by atoms with Crippen LogP contribution in [0, 0.1) is 17.3 Å². The fourth-order valence-electron chi connectivity index (χ4n) is 6.05. The molecule has 2 unspecified atom stereocenters. The van der Waals surface area contributed by atoms with Crippen LogP contribution in [0.1, 0.15) is 80.6 Å². The molecule has 4 aliphatic rings. The second-order valence-corrected chi connectivity index (χ2v) is 9.40. The van der Waals surface area contributed by atoms with Crippen molar-refractivity contribution in [1.82, 2.24) is 0 Å². The maximum Gasteiger partial charge on any atom is 0.312 e. The van der Waals surface area contributed by atoms with Crippen LogP contribution in [-0.2, 0) is 9.53 Å². The summed E-state index contributed by atoms with van der Waals surface area (Å²) in [6.45, 7) is 4.10. The van der Waals surface area contributed by atoms with Gasteiger partial charge in [-0.25, -0.2) is 0 Å². The zero-order chi connectivity index (χ0) is 19.2. The Bertz CT molecular complexity index is 721. The fourth-order valence-corrected chi connectivity index (χ4v) is 6.05. The molecular weight excluding hydrogens is 340 g/mol. The van der Waals surface area contributed by atoms with E-state index < -0.39 is 11.0 Å². The van der Waals surface area contributed by atoms with E-state index in [4.69, 9.17) is 4.74 Å². The van der Waals surface area contributed by atoms with E-state index in [9.17, 15) is 14.7 Å². The number of ether oxygens (including phenoxy) is 1. The number of Topliss-reactive ketones (excluding diaryl/α,β-unsaturated/α-hetero) is 1. The van der Waals surface area contributed by atoms with E-state index >= 15 is 0 Å². The third-order valence-electron chi connectivity index (χ3n) is 7.21. The summed E-state index contributed by atoms with van der Waals surface area (Å²) >= 11 is 0. The normalized spacial score (nSPS) is 35.1. The van der Waals surface area contributed by atoms with Gasteiger partial charge < -0.3 is 9.84 Å². The number of esters is 1. The van der Waals surface area contributed by atoms with Crippen LogP contribution in [0.2, 0.25) is 0 Å². The number of rotatable bonds is 6. The van der Waals surface area contributed by atoms with Crippen LogP contribution in [0.25, 0.3) is 0 Å². The van der Waals surface area contributed by atoms with Gasteiger partial charge in [0, 0.05) is 5.56 Å². The highest BCUT2D eigenvalue weighted by molar-refractivity contribution is 5.98. The van der Waals surface area contributed by atoms with Crippen LogP contribution >= 0.6 is 0 Å². The van der Waals surface area contributed by atoms with Crippen molar-refractivity contribution in [3.05, 3.63) is 35.4 Å². The van der Waals surface area contributed by atoms with Crippen LogP contribution in [0.4, 0.5) is 0 Å². The minimum Gasteiger partial charge on any atom is -0.457 e. The molecule has 27 heavy (non-hydrogen) atoms. The minimum atomic E-state index is -0.696. The van der Waals surface area contributed by atoms with Gasteiger partial charge in [-0.2, -0.15) is 0 Å². The summed E-state index contributed by atoms with van der Waals surface area (Å²) < 4.78 is 5.49. The first-order valence-electron chi connectivity index (χ1n) is 10.4. The zero-order valence-electron chi connectivity index (χ0n) is 16.4. The third kappa shape index (κ3) is 3.44. The molecule has 1 aromatic carbocycles. The Morgan fingerprint density at radius 3 is 2.33 bits per heavy atom. The molecule has 1 aromatic rings. The average molecular weight is 370 g/mol. The van der Waals surface area contributed by atoms with Crippen molar-refractivity contribution in [1.29, 1.82) is 0 Å². The Morgan fingerprint density at radius 1 is 1.15 bits per heavy atom. The second kappa shape index (κ2) is 6.73. The molecule has 4 saturated carbocycles. The van der Waals surface area contributed by atoms with Gasteiger partial charge in [0.05, 0.1) is 11.0 Å². The van der Waals surface area contributed by atoms with E-state index in [0.29, 0.717) is 29.7 Å².